The molecule has 126 valence electrons. The molecule has 1 N–H and O–H groups in total. The second-order valence-electron chi connectivity index (χ2n) is 7.08. The van der Waals surface area contributed by atoms with Crippen LogP contribution in [0, 0.1) is 0 Å². The molecule has 0 aromatic heterocycles. The predicted molar refractivity (Wildman–Crippen MR) is 101 cm³/mol. The third-order valence-electron chi connectivity index (χ3n) is 5.23. The van der Waals surface area contributed by atoms with Crippen molar-refractivity contribution < 1.29 is 14.5 Å². The van der Waals surface area contributed by atoms with Gasteiger partial charge in [0.15, 0.2) is 5.71 Å². The number of carbonyl (C=O) groups is 1. The van der Waals surface area contributed by atoms with Crippen molar-refractivity contribution in [2.24, 2.45) is 0 Å². The van der Waals surface area contributed by atoms with Crippen molar-refractivity contribution in [3.05, 3.63) is 35.9 Å². The molecule has 0 amide bonds. The lowest BCUT2D eigenvalue weighted by Crippen LogP contribution is -2.27. The molecule has 0 saturated heterocycles. The monoisotopic (exact) mass is 342 g/mol. The number of rotatable bonds is 5. The summed E-state index contributed by atoms with van der Waals surface area (Å²) in [5.41, 5.74) is 3.92. The number of hydrogen-bond donors (Lipinski definition) is 2. The normalized spacial score (nSPS) is 15.8. The van der Waals surface area contributed by atoms with Crippen molar-refractivity contribution in [2.45, 2.75) is 50.3 Å². The summed E-state index contributed by atoms with van der Waals surface area (Å²) < 4.78 is 2.37. The van der Waals surface area contributed by atoms with E-state index >= 15 is 0 Å². The molecule has 0 saturated carbocycles. The van der Waals surface area contributed by atoms with Gasteiger partial charge in [-0.05, 0) is 49.2 Å². The van der Waals surface area contributed by atoms with Crippen molar-refractivity contribution in [3.63, 3.8) is 0 Å². The molecule has 0 spiro atoms. The van der Waals surface area contributed by atoms with Gasteiger partial charge >= 0.3 is 5.97 Å². The second kappa shape index (κ2) is 6.25. The van der Waals surface area contributed by atoms with E-state index in [2.05, 4.69) is 62.2 Å². The number of unbranched alkanes of at least 4 members (excludes halogenated alkanes) is 1. The fourth-order valence-corrected chi connectivity index (χ4v) is 3.93. The fraction of sp³-hybridized carbons (Fsp3) is 0.400. The van der Waals surface area contributed by atoms with Crippen molar-refractivity contribution in [1.82, 2.24) is 0 Å². The first-order chi connectivity index (χ1) is 11.3. The maximum atomic E-state index is 10.7. The van der Waals surface area contributed by atoms with Gasteiger partial charge < -0.3 is 5.11 Å². The number of benzene rings is 2. The predicted octanol–water partition coefficient (Wildman–Crippen LogP) is 4.78. The van der Waals surface area contributed by atoms with Gasteiger partial charge in [0, 0.05) is 36.3 Å². The SMILES string of the molecule is CC1=[N+](CCCCC(=O)O)c2ccc3cc(S)ccc3c2C1(C)C. The van der Waals surface area contributed by atoms with Crippen molar-refractivity contribution >= 4 is 40.8 Å². The number of fused-ring (bicyclic) bond motifs is 3. The van der Waals surface area contributed by atoms with Gasteiger partial charge in [-0.3, -0.25) is 4.79 Å². The zero-order valence-corrected chi connectivity index (χ0v) is 15.4. The molecular formula is C20H24NO2S+. The molecular weight excluding hydrogens is 318 g/mol. The summed E-state index contributed by atoms with van der Waals surface area (Å²) in [6.07, 6.45) is 1.84. The Balaban J connectivity index is 2.00. The highest BCUT2D eigenvalue weighted by Gasteiger charge is 2.43. The maximum Gasteiger partial charge on any atom is 0.303 e. The first-order valence-corrected chi connectivity index (χ1v) is 8.86. The van der Waals surface area contributed by atoms with E-state index in [0.717, 1.165) is 17.9 Å². The summed E-state index contributed by atoms with van der Waals surface area (Å²) in [7, 11) is 0. The average Bonchev–Trinajstić information content (AvgIpc) is 2.71. The zero-order chi connectivity index (χ0) is 17.5. The lowest BCUT2D eigenvalue weighted by molar-refractivity contribution is -0.439. The molecule has 2 aromatic carbocycles. The minimum absolute atomic E-state index is 0.0280. The van der Waals surface area contributed by atoms with Crippen LogP contribution in [0.15, 0.2) is 35.2 Å². The van der Waals surface area contributed by atoms with Gasteiger partial charge in [-0.1, -0.05) is 6.07 Å². The van der Waals surface area contributed by atoms with Gasteiger partial charge in [0.05, 0.1) is 5.41 Å². The van der Waals surface area contributed by atoms with Gasteiger partial charge in [-0.2, -0.15) is 4.58 Å². The van der Waals surface area contributed by atoms with E-state index in [4.69, 9.17) is 5.11 Å². The molecule has 3 rings (SSSR count). The molecule has 1 aliphatic heterocycles. The van der Waals surface area contributed by atoms with E-state index in [1.54, 1.807) is 0 Å². The summed E-state index contributed by atoms with van der Waals surface area (Å²) >= 11 is 4.45. The first-order valence-electron chi connectivity index (χ1n) is 8.42. The van der Waals surface area contributed by atoms with E-state index in [9.17, 15) is 4.79 Å². The topological polar surface area (TPSA) is 40.3 Å². The van der Waals surface area contributed by atoms with Crippen LogP contribution >= 0.6 is 12.6 Å². The Morgan fingerprint density at radius 2 is 1.96 bits per heavy atom. The molecule has 0 radical (unpaired) electrons. The molecule has 0 unspecified atom stereocenters. The highest BCUT2D eigenvalue weighted by molar-refractivity contribution is 7.80. The van der Waals surface area contributed by atoms with Crippen LogP contribution in [-0.2, 0) is 10.2 Å². The van der Waals surface area contributed by atoms with E-state index in [1.807, 2.05) is 6.07 Å². The van der Waals surface area contributed by atoms with Gasteiger partial charge in [0.25, 0.3) is 0 Å². The van der Waals surface area contributed by atoms with Crippen molar-refractivity contribution in [1.29, 1.82) is 0 Å². The number of nitrogens with zero attached hydrogens (tertiary/aromatic N) is 1. The minimum Gasteiger partial charge on any atom is -0.481 e. The number of hydrogen-bond acceptors (Lipinski definition) is 2. The molecule has 0 aliphatic carbocycles. The molecule has 0 atom stereocenters. The molecule has 1 heterocycles. The first kappa shape index (κ1) is 17.0. The van der Waals surface area contributed by atoms with E-state index in [0.29, 0.717) is 6.42 Å². The Morgan fingerprint density at radius 1 is 1.21 bits per heavy atom. The lowest BCUT2D eigenvalue weighted by atomic mass is 9.80. The largest absolute Gasteiger partial charge is 0.481 e. The van der Waals surface area contributed by atoms with Gasteiger partial charge in [-0.25, -0.2) is 0 Å². The van der Waals surface area contributed by atoms with E-state index in [-0.39, 0.29) is 11.8 Å². The number of aliphatic carboxylic acids is 1. The quantitative estimate of drug-likeness (QED) is 0.466. The van der Waals surface area contributed by atoms with Crippen LogP contribution in [0.25, 0.3) is 10.8 Å². The zero-order valence-electron chi connectivity index (χ0n) is 14.5. The van der Waals surface area contributed by atoms with Crippen LogP contribution in [0.1, 0.15) is 45.6 Å². The highest BCUT2D eigenvalue weighted by atomic mass is 32.1. The van der Waals surface area contributed by atoms with Crippen molar-refractivity contribution in [3.8, 4) is 0 Å². The van der Waals surface area contributed by atoms with Crippen LogP contribution in [-0.4, -0.2) is 27.9 Å². The standard InChI is InChI=1S/C20H23NO2S/c1-13-20(2,3)19-16-9-8-15(24)12-14(16)7-10-17(19)21(13)11-5-4-6-18(22)23/h7-10,12H,4-6,11H2,1-3H3,(H-,22,23,24)/p+1. The van der Waals surface area contributed by atoms with E-state index in [1.165, 1.54) is 27.7 Å². The number of thiol groups is 1. The molecule has 24 heavy (non-hydrogen) atoms. The maximum absolute atomic E-state index is 10.7. The Morgan fingerprint density at radius 3 is 2.67 bits per heavy atom. The minimum atomic E-state index is -0.716. The van der Waals surface area contributed by atoms with Crippen molar-refractivity contribution in [2.75, 3.05) is 6.54 Å². The van der Waals surface area contributed by atoms with Crippen LogP contribution in [0.4, 0.5) is 5.69 Å². The Hall–Kier alpha value is -1.81. The molecule has 0 bridgehead atoms. The molecule has 3 nitrogen and oxygen atoms in total. The summed E-state index contributed by atoms with van der Waals surface area (Å²) in [5.74, 6) is -0.716. The van der Waals surface area contributed by atoms with Crippen LogP contribution in [0.2, 0.25) is 0 Å². The van der Waals surface area contributed by atoms with Gasteiger partial charge in [0.1, 0.15) is 6.54 Å². The molecule has 0 fully saturated rings. The third-order valence-corrected chi connectivity index (χ3v) is 5.51. The second-order valence-corrected chi connectivity index (χ2v) is 7.59. The Labute approximate surface area is 148 Å². The molecule has 1 aliphatic rings. The molecule has 2 aromatic rings. The Kier molecular flexibility index (Phi) is 4.43. The summed E-state index contributed by atoms with van der Waals surface area (Å²) in [6.45, 7) is 7.60. The summed E-state index contributed by atoms with van der Waals surface area (Å²) in [4.78, 5) is 11.7. The van der Waals surface area contributed by atoms with Gasteiger partial charge in [0.2, 0.25) is 5.69 Å². The van der Waals surface area contributed by atoms with E-state index < -0.39 is 5.97 Å². The van der Waals surface area contributed by atoms with Crippen LogP contribution < -0.4 is 0 Å². The third kappa shape index (κ3) is 2.84. The summed E-state index contributed by atoms with van der Waals surface area (Å²) in [6, 6.07) is 10.7. The number of carboxylic acid groups (broad SMARTS) is 1. The Bertz CT molecular complexity index is 852. The lowest BCUT2D eigenvalue weighted by Gasteiger charge is -2.17. The van der Waals surface area contributed by atoms with Gasteiger partial charge in [-0.15, -0.1) is 12.6 Å². The fourth-order valence-electron chi connectivity index (χ4n) is 3.72. The number of carboxylic acids is 1. The smallest absolute Gasteiger partial charge is 0.303 e. The molecule has 4 heteroatoms. The van der Waals surface area contributed by atoms with Crippen LogP contribution in [0.5, 0.6) is 0 Å². The van der Waals surface area contributed by atoms with Crippen LogP contribution in [0.3, 0.4) is 0 Å². The highest BCUT2D eigenvalue weighted by Crippen LogP contribution is 2.44. The average molecular weight is 342 g/mol. The summed E-state index contributed by atoms with van der Waals surface area (Å²) in [5, 5.41) is 11.3.